The molecule has 0 aromatic carbocycles. The number of aliphatic hydroxyl groups is 1. The third-order valence-corrected chi connectivity index (χ3v) is 4.81. The molecule has 1 rings (SSSR count). The van der Waals surface area contributed by atoms with Gasteiger partial charge >= 0.3 is 0 Å². The Morgan fingerprint density at radius 1 is 1.12 bits per heavy atom. The number of aliphatic imine (C=N–C) groups is 1. The summed E-state index contributed by atoms with van der Waals surface area (Å²) in [5.41, 5.74) is 1.98. The number of nitrogens with one attached hydrogen (secondary N) is 2. The highest BCUT2D eigenvalue weighted by Gasteiger charge is 2.25. The maximum Gasteiger partial charge on any atom is 0.191 e. The van der Waals surface area contributed by atoms with E-state index in [2.05, 4.69) is 43.5 Å². The minimum absolute atomic E-state index is 0. The predicted molar refractivity (Wildman–Crippen MR) is 114 cm³/mol. The first kappa shape index (κ1) is 24.2. The van der Waals surface area contributed by atoms with Crippen molar-refractivity contribution >= 4 is 29.9 Å². The highest BCUT2D eigenvalue weighted by atomic mass is 127. The van der Waals surface area contributed by atoms with E-state index in [4.69, 9.17) is 9.52 Å². The van der Waals surface area contributed by atoms with Crippen LogP contribution in [0.5, 0.6) is 0 Å². The van der Waals surface area contributed by atoms with Crippen molar-refractivity contribution in [3.63, 3.8) is 0 Å². The molecule has 3 N–H and O–H groups in total. The van der Waals surface area contributed by atoms with Crippen molar-refractivity contribution in [3.05, 3.63) is 17.0 Å². The van der Waals surface area contributed by atoms with Gasteiger partial charge in [-0.25, -0.2) is 4.99 Å². The largest absolute Gasteiger partial charge is 0.396 e. The van der Waals surface area contributed by atoms with Crippen LogP contribution in [0.1, 0.15) is 64.5 Å². The monoisotopic (exact) mass is 466 g/mol. The van der Waals surface area contributed by atoms with Gasteiger partial charge in [0.2, 0.25) is 0 Å². The Labute approximate surface area is 169 Å². The van der Waals surface area contributed by atoms with Crippen LogP contribution in [0.4, 0.5) is 0 Å². The van der Waals surface area contributed by atoms with E-state index in [0.717, 1.165) is 55.2 Å². The van der Waals surface area contributed by atoms with E-state index in [9.17, 15) is 5.11 Å². The van der Waals surface area contributed by atoms with Crippen LogP contribution in [-0.2, 0) is 19.4 Å². The molecule has 0 unspecified atom stereocenters. The van der Waals surface area contributed by atoms with E-state index in [1.54, 1.807) is 0 Å². The second kappa shape index (κ2) is 12.5. The molecule has 7 heteroatoms. The molecule has 0 saturated carbocycles. The summed E-state index contributed by atoms with van der Waals surface area (Å²) in [4.78, 5) is 4.69. The van der Waals surface area contributed by atoms with Crippen LogP contribution in [0.3, 0.4) is 0 Å². The SMILES string of the molecule is CCNC(=NCc1c(CC)noc1CC)NCC(CC)(CC)CO.I. The summed E-state index contributed by atoms with van der Waals surface area (Å²) in [5.74, 6) is 1.68. The van der Waals surface area contributed by atoms with E-state index in [0.29, 0.717) is 13.1 Å². The van der Waals surface area contributed by atoms with Crippen LogP contribution in [0.25, 0.3) is 0 Å². The lowest BCUT2D eigenvalue weighted by Gasteiger charge is -2.30. The topological polar surface area (TPSA) is 82.7 Å². The third kappa shape index (κ3) is 6.77. The highest BCUT2D eigenvalue weighted by Crippen LogP contribution is 2.24. The number of nitrogens with zero attached hydrogens (tertiary/aromatic N) is 2. The lowest BCUT2D eigenvalue weighted by atomic mass is 9.83. The molecular formula is C18H35IN4O2. The van der Waals surface area contributed by atoms with Crippen LogP contribution in [0, 0.1) is 5.41 Å². The Kier molecular flexibility index (Phi) is 12.1. The minimum Gasteiger partial charge on any atom is -0.396 e. The molecule has 0 spiro atoms. The van der Waals surface area contributed by atoms with Gasteiger partial charge in [0.15, 0.2) is 5.96 Å². The number of halogens is 1. The fourth-order valence-corrected chi connectivity index (χ4v) is 2.67. The molecule has 6 nitrogen and oxygen atoms in total. The van der Waals surface area contributed by atoms with E-state index < -0.39 is 0 Å². The third-order valence-electron chi connectivity index (χ3n) is 4.81. The summed E-state index contributed by atoms with van der Waals surface area (Å²) in [5, 5.41) is 20.5. The van der Waals surface area contributed by atoms with Gasteiger partial charge < -0.3 is 20.3 Å². The molecule has 146 valence electrons. The number of rotatable bonds is 10. The number of guanidine groups is 1. The fraction of sp³-hybridized carbons (Fsp3) is 0.778. The molecule has 0 aliphatic carbocycles. The molecule has 0 aliphatic heterocycles. The van der Waals surface area contributed by atoms with Gasteiger partial charge in [0.25, 0.3) is 0 Å². The smallest absolute Gasteiger partial charge is 0.191 e. The summed E-state index contributed by atoms with van der Waals surface area (Å²) in [7, 11) is 0. The molecule has 1 heterocycles. The highest BCUT2D eigenvalue weighted by molar-refractivity contribution is 14.0. The summed E-state index contributed by atoms with van der Waals surface area (Å²) in [6.45, 7) is 12.6. The van der Waals surface area contributed by atoms with Gasteiger partial charge in [-0.05, 0) is 26.2 Å². The quantitative estimate of drug-likeness (QED) is 0.280. The second-order valence-electron chi connectivity index (χ2n) is 6.15. The van der Waals surface area contributed by atoms with Crippen molar-refractivity contribution in [1.29, 1.82) is 0 Å². The fourth-order valence-electron chi connectivity index (χ4n) is 2.67. The van der Waals surface area contributed by atoms with Gasteiger partial charge in [-0.15, -0.1) is 24.0 Å². The zero-order valence-electron chi connectivity index (χ0n) is 16.3. The Bertz CT molecular complexity index is 483. The molecule has 0 aliphatic rings. The molecule has 25 heavy (non-hydrogen) atoms. The summed E-state index contributed by atoms with van der Waals surface area (Å²) in [6, 6.07) is 0. The molecule has 1 aromatic rings. The van der Waals surface area contributed by atoms with Gasteiger partial charge in [0, 0.05) is 30.5 Å². The molecule has 0 saturated heterocycles. The molecule has 0 atom stereocenters. The molecular weight excluding hydrogens is 431 g/mol. The van der Waals surface area contributed by atoms with E-state index in [1.807, 2.05) is 6.92 Å². The molecule has 1 aromatic heterocycles. The van der Waals surface area contributed by atoms with Crippen molar-refractivity contribution in [2.75, 3.05) is 19.7 Å². The van der Waals surface area contributed by atoms with Crippen LogP contribution in [0.15, 0.2) is 9.52 Å². The normalized spacial score (nSPS) is 12.0. The van der Waals surface area contributed by atoms with Crippen LogP contribution in [-0.4, -0.2) is 35.9 Å². The first-order valence-corrected chi connectivity index (χ1v) is 9.18. The summed E-state index contributed by atoms with van der Waals surface area (Å²) >= 11 is 0. The predicted octanol–water partition coefficient (Wildman–Crippen LogP) is 3.27. The van der Waals surface area contributed by atoms with Crippen molar-refractivity contribution in [2.24, 2.45) is 10.4 Å². The molecule has 0 radical (unpaired) electrons. The van der Waals surface area contributed by atoms with Gasteiger partial charge in [0.05, 0.1) is 18.8 Å². The molecule has 0 fully saturated rings. The van der Waals surface area contributed by atoms with Crippen molar-refractivity contribution < 1.29 is 9.63 Å². The zero-order valence-corrected chi connectivity index (χ0v) is 18.6. The summed E-state index contributed by atoms with van der Waals surface area (Å²) in [6.07, 6.45) is 3.52. The van der Waals surface area contributed by atoms with E-state index >= 15 is 0 Å². The van der Waals surface area contributed by atoms with Crippen LogP contribution in [0.2, 0.25) is 0 Å². The van der Waals surface area contributed by atoms with Crippen molar-refractivity contribution in [3.8, 4) is 0 Å². The maximum atomic E-state index is 9.72. The van der Waals surface area contributed by atoms with Gasteiger partial charge in [0.1, 0.15) is 5.76 Å². The van der Waals surface area contributed by atoms with E-state index in [-0.39, 0.29) is 36.0 Å². The second-order valence-corrected chi connectivity index (χ2v) is 6.15. The zero-order chi connectivity index (χ0) is 18.0. The van der Waals surface area contributed by atoms with E-state index in [1.165, 1.54) is 0 Å². The van der Waals surface area contributed by atoms with Crippen molar-refractivity contribution in [2.45, 2.75) is 66.8 Å². The maximum absolute atomic E-state index is 9.72. The number of aryl methyl sites for hydroxylation is 2. The average Bonchev–Trinajstić information content (AvgIpc) is 3.03. The Hall–Kier alpha value is -0.830. The number of aliphatic hydroxyl groups excluding tert-OH is 1. The van der Waals surface area contributed by atoms with Gasteiger partial charge in [-0.3, -0.25) is 0 Å². The standard InChI is InChI=1S/C18H34N4O2.HI/c1-6-15-14(16(7-2)24-22-15)11-20-17(19-10-5)21-12-18(8-3,9-4)13-23;/h23H,6-13H2,1-5H3,(H2,19,20,21);1H. The van der Waals surface area contributed by atoms with Crippen LogP contribution >= 0.6 is 24.0 Å². The minimum atomic E-state index is -0.101. The average molecular weight is 466 g/mol. The number of aromatic nitrogens is 1. The molecule has 0 bridgehead atoms. The Morgan fingerprint density at radius 2 is 1.80 bits per heavy atom. The van der Waals surface area contributed by atoms with Crippen molar-refractivity contribution in [1.82, 2.24) is 15.8 Å². The molecule has 0 amide bonds. The van der Waals surface area contributed by atoms with Gasteiger partial charge in [-0.2, -0.15) is 0 Å². The Morgan fingerprint density at radius 3 is 2.28 bits per heavy atom. The Balaban J connectivity index is 0.00000576. The first-order valence-electron chi connectivity index (χ1n) is 9.18. The summed E-state index contributed by atoms with van der Waals surface area (Å²) < 4.78 is 5.40. The van der Waals surface area contributed by atoms with Gasteiger partial charge in [-0.1, -0.05) is 32.9 Å². The first-order chi connectivity index (χ1) is 11.6. The number of hydrogen-bond donors (Lipinski definition) is 3. The van der Waals surface area contributed by atoms with Crippen LogP contribution < -0.4 is 10.6 Å². The lowest BCUT2D eigenvalue weighted by molar-refractivity contribution is 0.118. The lowest BCUT2D eigenvalue weighted by Crippen LogP contribution is -2.44. The number of hydrogen-bond acceptors (Lipinski definition) is 4.